The van der Waals surface area contributed by atoms with Crippen LogP contribution < -0.4 is 20.6 Å². The Kier molecular flexibility index (Phi) is 6.98. The summed E-state index contributed by atoms with van der Waals surface area (Å²) in [5.74, 6) is -2.36. The maximum absolute atomic E-state index is 13.1. The number of hydrogen-bond acceptors (Lipinski definition) is 11. The molecule has 1 saturated heterocycles. The molecule has 0 spiro atoms. The van der Waals surface area contributed by atoms with Gasteiger partial charge in [-0.05, 0) is 25.5 Å². The molecule has 0 aromatic carbocycles. The summed E-state index contributed by atoms with van der Waals surface area (Å²) in [5.41, 5.74) is 7.07. The van der Waals surface area contributed by atoms with E-state index in [0.29, 0.717) is 11.3 Å². The van der Waals surface area contributed by atoms with Gasteiger partial charge in [0.25, 0.3) is 11.8 Å². The molecule has 2 aliphatic heterocycles. The van der Waals surface area contributed by atoms with Crippen molar-refractivity contribution in [3.63, 3.8) is 0 Å². The zero-order chi connectivity index (χ0) is 27.1. The SMILES string of the molecule is CCO/N=C(\C(=O)N[C@@H]1C(=O)N2C(C(=O)[O-])=C(/C=C/c3sc4cn(C)c[n+]4c3C)CS[C@H]12)c1csc(N)n1. The summed E-state index contributed by atoms with van der Waals surface area (Å²) < 4.78 is 4.02. The first-order valence-electron chi connectivity index (χ1n) is 11.5. The highest BCUT2D eigenvalue weighted by Gasteiger charge is 2.53. The number of anilines is 1. The van der Waals surface area contributed by atoms with Crippen LogP contribution in [0.25, 0.3) is 10.9 Å². The number of rotatable bonds is 8. The van der Waals surface area contributed by atoms with Gasteiger partial charge in [0.1, 0.15) is 35.6 Å². The molecule has 0 saturated carbocycles. The molecule has 12 nitrogen and oxygen atoms in total. The van der Waals surface area contributed by atoms with E-state index in [9.17, 15) is 19.5 Å². The lowest BCUT2D eigenvalue weighted by Crippen LogP contribution is -2.71. The second-order valence-corrected chi connectivity index (χ2v) is 11.5. The van der Waals surface area contributed by atoms with Crippen molar-refractivity contribution >= 4 is 74.0 Å². The molecule has 5 rings (SSSR count). The van der Waals surface area contributed by atoms with Gasteiger partial charge in [-0.3, -0.25) is 14.5 Å². The van der Waals surface area contributed by atoms with Crippen molar-refractivity contribution < 1.29 is 28.7 Å². The van der Waals surface area contributed by atoms with E-state index in [-0.39, 0.29) is 28.8 Å². The lowest BCUT2D eigenvalue weighted by molar-refractivity contribution is -0.515. The number of thioether (sulfide) groups is 1. The fraction of sp³-hybridized carbons (Fsp3) is 0.304. The summed E-state index contributed by atoms with van der Waals surface area (Å²) in [4.78, 5) is 50.5. The molecule has 3 N–H and O–H groups in total. The van der Waals surface area contributed by atoms with Crippen LogP contribution in [0, 0.1) is 6.92 Å². The Balaban J connectivity index is 1.36. The van der Waals surface area contributed by atoms with Gasteiger partial charge in [0, 0.05) is 11.1 Å². The number of hydrogen-bond donors (Lipinski definition) is 2. The molecule has 0 radical (unpaired) electrons. The van der Waals surface area contributed by atoms with Crippen molar-refractivity contribution in [3.05, 3.63) is 51.5 Å². The van der Waals surface area contributed by atoms with Crippen LogP contribution in [-0.4, -0.2) is 61.7 Å². The molecule has 15 heteroatoms. The van der Waals surface area contributed by atoms with Crippen LogP contribution in [0.4, 0.5) is 5.13 Å². The quantitative estimate of drug-likeness (QED) is 0.165. The average molecular weight is 574 g/mol. The highest BCUT2D eigenvalue weighted by molar-refractivity contribution is 8.00. The molecule has 3 aromatic rings. The minimum Gasteiger partial charge on any atom is -0.543 e. The lowest BCUT2D eigenvalue weighted by Gasteiger charge is -2.50. The number of carboxylic acids is 1. The van der Waals surface area contributed by atoms with Gasteiger partial charge in [0.2, 0.25) is 11.2 Å². The number of aromatic nitrogens is 3. The largest absolute Gasteiger partial charge is 0.543 e. The fourth-order valence-corrected chi connectivity index (χ4v) is 7.15. The Morgan fingerprint density at radius 1 is 1.42 bits per heavy atom. The van der Waals surface area contributed by atoms with Crippen LogP contribution in [0.1, 0.15) is 23.2 Å². The van der Waals surface area contributed by atoms with Gasteiger partial charge >= 0.3 is 0 Å². The number of fused-ring (bicyclic) bond motifs is 2. The normalized spacial score (nSPS) is 19.7. The third kappa shape index (κ3) is 4.56. The van der Waals surface area contributed by atoms with Crippen LogP contribution in [0.2, 0.25) is 0 Å². The summed E-state index contributed by atoms with van der Waals surface area (Å²) in [6.07, 6.45) is 7.53. The molecular formula is C23H23N7O5S3. The predicted octanol–water partition coefficient (Wildman–Crippen LogP) is 0.0303. The smallest absolute Gasteiger partial charge is 0.276 e. The number of nitrogen functional groups attached to an aromatic ring is 1. The van der Waals surface area contributed by atoms with Gasteiger partial charge in [-0.1, -0.05) is 22.6 Å². The Labute approximate surface area is 229 Å². The number of allylic oxidation sites excluding steroid dienone is 1. The lowest BCUT2D eigenvalue weighted by atomic mass is 10.0. The summed E-state index contributed by atoms with van der Waals surface area (Å²) in [5, 5.41) is 19.8. The number of amides is 2. The van der Waals surface area contributed by atoms with Gasteiger partial charge in [0.15, 0.2) is 10.8 Å². The predicted molar refractivity (Wildman–Crippen MR) is 142 cm³/mol. The number of β-lactam (4-membered cyclic amide) rings is 1. The Hall–Kier alpha value is -3.69. The number of nitrogens with zero attached hydrogens (tertiary/aromatic N) is 5. The number of nitrogens with one attached hydrogen (secondary N) is 1. The van der Waals surface area contributed by atoms with E-state index in [1.807, 2.05) is 37.1 Å². The Morgan fingerprint density at radius 3 is 2.87 bits per heavy atom. The average Bonchev–Trinajstić information content (AvgIpc) is 3.55. The minimum absolute atomic E-state index is 0.122. The topological polar surface area (TPSA) is 159 Å². The number of oxime groups is 1. The first kappa shape index (κ1) is 25.9. The third-order valence-corrected chi connectivity index (χ3v) is 9.10. The fourth-order valence-electron chi connectivity index (χ4n) is 4.17. The molecule has 5 heterocycles. The van der Waals surface area contributed by atoms with E-state index in [0.717, 1.165) is 26.7 Å². The van der Waals surface area contributed by atoms with Gasteiger partial charge in [-0.25, -0.2) is 9.55 Å². The number of aryl methyl sites for hydroxylation is 2. The summed E-state index contributed by atoms with van der Waals surface area (Å²) in [7, 11) is 1.95. The number of carbonyl (C=O) groups excluding carboxylic acids is 3. The van der Waals surface area contributed by atoms with Crippen LogP contribution in [-0.2, 0) is 26.3 Å². The van der Waals surface area contributed by atoms with Gasteiger partial charge in [-0.15, -0.1) is 23.1 Å². The van der Waals surface area contributed by atoms with Crippen molar-refractivity contribution in [2.45, 2.75) is 25.3 Å². The summed E-state index contributed by atoms with van der Waals surface area (Å²) in [6.45, 7) is 3.92. The third-order valence-electron chi connectivity index (χ3n) is 5.96. The summed E-state index contributed by atoms with van der Waals surface area (Å²) in [6, 6.07) is -0.947. The van der Waals surface area contributed by atoms with Crippen molar-refractivity contribution in [2.75, 3.05) is 18.1 Å². The first-order chi connectivity index (χ1) is 18.2. The van der Waals surface area contributed by atoms with Crippen LogP contribution >= 0.6 is 34.4 Å². The summed E-state index contributed by atoms with van der Waals surface area (Å²) >= 11 is 4.06. The number of thiazole rings is 2. The van der Waals surface area contributed by atoms with Crippen LogP contribution in [0.5, 0.6) is 0 Å². The standard InChI is InChI=1S/C23H23N7O5S3/c1-4-35-27-16(13-9-37-23(24)25-13)19(31)26-17-20(32)30-18(22(33)34)12(8-36-21(17)30)5-6-14-11(2)29-10-28(3)7-15(29)38-14/h5-7,9-10,17,21H,4,8H2,1-3H3,(H3-,24,25,26,31,33,34)/b6-5+,27-16-/t17-,21-/m1/s1. The van der Waals surface area contributed by atoms with Crippen molar-refractivity contribution in [2.24, 2.45) is 12.2 Å². The van der Waals surface area contributed by atoms with E-state index in [2.05, 4.69) is 19.9 Å². The van der Waals surface area contributed by atoms with Crippen molar-refractivity contribution in [1.82, 2.24) is 19.8 Å². The first-order valence-corrected chi connectivity index (χ1v) is 14.2. The zero-order valence-electron chi connectivity index (χ0n) is 20.5. The van der Waals surface area contributed by atoms with E-state index in [4.69, 9.17) is 10.6 Å². The Morgan fingerprint density at radius 2 is 2.21 bits per heavy atom. The molecular weight excluding hydrogens is 550 g/mol. The molecule has 2 amide bonds. The molecule has 3 aromatic heterocycles. The van der Waals surface area contributed by atoms with Crippen molar-refractivity contribution in [1.29, 1.82) is 0 Å². The van der Waals surface area contributed by atoms with E-state index in [1.165, 1.54) is 16.7 Å². The molecule has 0 bridgehead atoms. The molecule has 0 unspecified atom stereocenters. The van der Waals surface area contributed by atoms with Gasteiger partial charge < -0.3 is 25.8 Å². The Bertz CT molecular complexity index is 1550. The van der Waals surface area contributed by atoms with Crippen molar-refractivity contribution in [3.8, 4) is 0 Å². The maximum Gasteiger partial charge on any atom is 0.276 e. The highest BCUT2D eigenvalue weighted by Crippen LogP contribution is 2.40. The maximum atomic E-state index is 13.1. The van der Waals surface area contributed by atoms with Gasteiger partial charge in [0.05, 0.1) is 23.6 Å². The zero-order valence-corrected chi connectivity index (χ0v) is 23.0. The number of imidazole rings is 1. The number of carbonyl (C=O) groups is 3. The molecule has 2 aliphatic rings. The number of carboxylic acid groups (broad SMARTS) is 1. The van der Waals surface area contributed by atoms with Crippen LogP contribution in [0.15, 0.2) is 40.4 Å². The molecule has 0 aliphatic carbocycles. The molecule has 2 atom stereocenters. The second-order valence-electron chi connectivity index (χ2n) is 8.45. The second kappa shape index (κ2) is 10.2. The minimum atomic E-state index is -1.45. The van der Waals surface area contributed by atoms with Gasteiger partial charge in [-0.2, -0.15) is 4.40 Å². The van der Waals surface area contributed by atoms with E-state index in [1.54, 1.807) is 29.7 Å². The highest BCUT2D eigenvalue weighted by atomic mass is 32.2. The van der Waals surface area contributed by atoms with E-state index < -0.39 is 29.2 Å². The molecule has 1 fully saturated rings. The number of nitrogens with two attached hydrogens (primary N) is 1. The monoisotopic (exact) mass is 573 g/mol. The molecule has 198 valence electrons. The molecule has 38 heavy (non-hydrogen) atoms. The van der Waals surface area contributed by atoms with Crippen LogP contribution in [0.3, 0.4) is 0 Å². The number of aliphatic carboxylic acids is 1. The van der Waals surface area contributed by atoms with E-state index >= 15 is 0 Å².